The molecule has 3 aromatic carbocycles. The van der Waals surface area contributed by atoms with Gasteiger partial charge in [0.2, 0.25) is 0 Å². The van der Waals surface area contributed by atoms with Crippen LogP contribution in [0.3, 0.4) is 0 Å². The van der Waals surface area contributed by atoms with Gasteiger partial charge in [0, 0.05) is 30.1 Å². The molecule has 7 heteroatoms. The molecule has 0 N–H and O–H groups in total. The third-order valence-electron chi connectivity index (χ3n) is 6.92. The van der Waals surface area contributed by atoms with Crippen LogP contribution in [-0.2, 0) is 27.8 Å². The molecule has 1 heterocycles. The topological polar surface area (TPSA) is 91.2 Å². The van der Waals surface area contributed by atoms with Crippen molar-refractivity contribution in [2.24, 2.45) is 9.98 Å². The van der Waals surface area contributed by atoms with Crippen molar-refractivity contribution in [2.45, 2.75) is 57.2 Å². The van der Waals surface area contributed by atoms with Crippen molar-refractivity contribution < 1.29 is 31.5 Å². The molecule has 1 aliphatic rings. The van der Waals surface area contributed by atoms with Crippen molar-refractivity contribution in [2.75, 3.05) is 6.54 Å². The first-order valence-electron chi connectivity index (χ1n) is 13.5. The van der Waals surface area contributed by atoms with Crippen molar-refractivity contribution in [3.8, 4) is 12.3 Å². The molecule has 1 saturated heterocycles. The van der Waals surface area contributed by atoms with Gasteiger partial charge in [0.25, 0.3) is 0 Å². The fourth-order valence-corrected chi connectivity index (χ4v) is 4.93. The minimum atomic E-state index is -1.24. The summed E-state index contributed by atoms with van der Waals surface area (Å²) >= 11 is 0. The Bertz CT molecular complexity index is 1340. The minimum absolute atomic E-state index is 0. The first-order chi connectivity index (χ1) is 19.1. The van der Waals surface area contributed by atoms with Crippen molar-refractivity contribution in [3.05, 3.63) is 102 Å². The van der Waals surface area contributed by atoms with Crippen LogP contribution in [0.2, 0.25) is 0 Å². The van der Waals surface area contributed by atoms with E-state index >= 15 is 0 Å². The summed E-state index contributed by atoms with van der Waals surface area (Å²) in [5.41, 5.74) is 3.46. The van der Waals surface area contributed by atoms with E-state index in [0.29, 0.717) is 42.8 Å². The predicted molar refractivity (Wildman–Crippen MR) is 152 cm³/mol. The van der Waals surface area contributed by atoms with Crippen LogP contribution in [0.25, 0.3) is 0 Å². The number of nitrogens with zero attached hydrogens (tertiary/aromatic N) is 3. The second-order valence-electron chi connectivity index (χ2n) is 9.71. The number of hydrogen-bond acceptors (Lipinski definition) is 6. The molecule has 1 aliphatic heterocycles. The van der Waals surface area contributed by atoms with Crippen LogP contribution in [0.5, 0.6) is 0 Å². The monoisotopic (exact) mass is 577 g/mol. The maximum absolute atomic E-state index is 13.5. The van der Waals surface area contributed by atoms with Crippen LogP contribution < -0.4 is 10.2 Å². The van der Waals surface area contributed by atoms with Crippen LogP contribution in [0.1, 0.15) is 55.2 Å². The molecule has 0 saturated carbocycles. The van der Waals surface area contributed by atoms with E-state index in [1.54, 1.807) is 6.07 Å². The Morgan fingerprint density at radius 3 is 2.35 bits per heavy atom. The van der Waals surface area contributed by atoms with Crippen LogP contribution in [0, 0.1) is 12.3 Å². The van der Waals surface area contributed by atoms with Gasteiger partial charge in [0.05, 0.1) is 23.4 Å². The van der Waals surface area contributed by atoms with Gasteiger partial charge in [-0.1, -0.05) is 78.9 Å². The van der Waals surface area contributed by atoms with Crippen molar-refractivity contribution in [3.63, 3.8) is 0 Å². The number of carbonyl (C=O) groups is 1. The van der Waals surface area contributed by atoms with E-state index in [9.17, 15) is 15.0 Å². The van der Waals surface area contributed by atoms with Crippen LogP contribution in [0.4, 0.5) is 5.69 Å². The largest absolute Gasteiger partial charge is 2.00 e. The molecule has 2 atom stereocenters. The van der Waals surface area contributed by atoms with Gasteiger partial charge >= 0.3 is 16.5 Å². The van der Waals surface area contributed by atoms with Gasteiger partial charge in [-0.05, 0) is 56.2 Å². The van der Waals surface area contributed by atoms with Gasteiger partial charge in [0.15, 0.2) is 0 Å². The van der Waals surface area contributed by atoms with E-state index in [2.05, 4.69) is 32.9 Å². The molecule has 1 fully saturated rings. The Balaban J connectivity index is 0.00000441. The number of aliphatic imine (C=N–C) groups is 2. The summed E-state index contributed by atoms with van der Waals surface area (Å²) in [4.78, 5) is 23.5. The molecular weight excluding hydrogens is 545 g/mol. The summed E-state index contributed by atoms with van der Waals surface area (Å²) in [5, 5.41) is 25.5. The molecule has 3 aromatic rings. The number of carboxylic acid groups (broad SMARTS) is 1. The standard InChI is InChI=1S/C33H35N3O3.Ni/c1-2-3-4-11-21-29(33(38)39)34-31(26-17-9-6-10-18-26)27-19-12-13-20-28(27)35-32(37)30-22-14-23-36(30)24-25-15-7-5-8-16-25;/h1,5-10,12-13,15-20,29-30H,3-4,11,14,21-24H2,(H,35,37)(H,38,39);/q;+2/p-2/t29-,30-;/m0./s1. The normalized spacial score (nSPS) is 16.6. The smallest absolute Gasteiger partial charge is 0.861 e. The quantitative estimate of drug-likeness (QED) is 0.107. The van der Waals surface area contributed by atoms with Crippen LogP contribution in [-0.4, -0.2) is 41.1 Å². The number of para-hydroxylation sites is 1. The van der Waals surface area contributed by atoms with E-state index in [1.165, 1.54) is 0 Å². The first kappa shape index (κ1) is 30.8. The number of aliphatic carboxylic acids is 1. The van der Waals surface area contributed by atoms with Gasteiger partial charge in [-0.25, -0.2) is 0 Å². The molecule has 0 radical (unpaired) electrons. The molecule has 0 aliphatic carbocycles. The van der Waals surface area contributed by atoms with E-state index in [4.69, 9.17) is 6.42 Å². The van der Waals surface area contributed by atoms with E-state index in [1.807, 2.05) is 66.7 Å². The van der Waals surface area contributed by atoms with E-state index in [0.717, 1.165) is 36.9 Å². The Hall–Kier alpha value is -3.72. The van der Waals surface area contributed by atoms with Gasteiger partial charge in [0.1, 0.15) is 0 Å². The third-order valence-corrected chi connectivity index (χ3v) is 6.92. The SMILES string of the molecule is C#CCCCC[C@H](N=C(c1ccccc1)c1ccccc1N=C([O-])[C@@H]1CCCN1Cc1ccccc1)C(=O)[O-].[Ni+2]. The summed E-state index contributed by atoms with van der Waals surface area (Å²) in [6.07, 6.45) is 9.27. The maximum atomic E-state index is 13.5. The number of hydrogen-bond donors (Lipinski definition) is 0. The van der Waals surface area contributed by atoms with Gasteiger partial charge < -0.3 is 15.0 Å². The Morgan fingerprint density at radius 2 is 1.65 bits per heavy atom. The molecule has 0 aromatic heterocycles. The molecule has 0 bridgehead atoms. The molecule has 208 valence electrons. The minimum Gasteiger partial charge on any atom is -0.861 e. The predicted octanol–water partition coefficient (Wildman–Crippen LogP) is 3.89. The average Bonchev–Trinajstić information content (AvgIpc) is 3.42. The van der Waals surface area contributed by atoms with E-state index < -0.39 is 12.0 Å². The zero-order valence-electron chi connectivity index (χ0n) is 22.4. The van der Waals surface area contributed by atoms with Crippen molar-refractivity contribution in [1.82, 2.24) is 4.90 Å². The maximum Gasteiger partial charge on any atom is 2.00 e. The number of carboxylic acids is 1. The molecule has 0 amide bonds. The Morgan fingerprint density at radius 1 is 0.975 bits per heavy atom. The third kappa shape index (κ3) is 8.39. The zero-order valence-corrected chi connectivity index (χ0v) is 23.3. The molecular formula is C33H33N3NiO3. The second kappa shape index (κ2) is 15.8. The second-order valence-corrected chi connectivity index (χ2v) is 9.71. The molecule has 6 nitrogen and oxygen atoms in total. The fourth-order valence-electron chi connectivity index (χ4n) is 4.93. The van der Waals surface area contributed by atoms with Crippen LogP contribution >= 0.6 is 0 Å². The number of benzene rings is 3. The van der Waals surface area contributed by atoms with Crippen LogP contribution in [0.15, 0.2) is 94.9 Å². The van der Waals surface area contributed by atoms with Gasteiger partial charge in [-0.2, -0.15) is 0 Å². The zero-order chi connectivity index (χ0) is 27.5. The number of rotatable bonds is 12. The summed E-state index contributed by atoms with van der Waals surface area (Å²) in [7, 11) is 0. The first-order valence-corrected chi connectivity index (χ1v) is 13.5. The van der Waals surface area contributed by atoms with E-state index in [-0.39, 0.29) is 28.4 Å². The fraction of sp³-hybridized carbons (Fsp3) is 0.303. The summed E-state index contributed by atoms with van der Waals surface area (Å²) < 4.78 is 0. The van der Waals surface area contributed by atoms with Gasteiger partial charge in [-0.15, -0.1) is 12.3 Å². The molecule has 40 heavy (non-hydrogen) atoms. The molecule has 4 rings (SSSR count). The molecule has 0 unspecified atom stereocenters. The summed E-state index contributed by atoms with van der Waals surface area (Å²) in [6, 6.07) is 25.4. The average molecular weight is 578 g/mol. The Labute approximate surface area is 246 Å². The van der Waals surface area contributed by atoms with Crippen molar-refractivity contribution >= 4 is 23.3 Å². The Kier molecular flexibility index (Phi) is 12.1. The van der Waals surface area contributed by atoms with Crippen molar-refractivity contribution in [1.29, 1.82) is 0 Å². The number of likely N-dealkylation sites (tertiary alicyclic amines) is 1. The number of carbonyl (C=O) groups excluding carboxylic acids is 1. The number of terminal acetylenes is 1. The summed E-state index contributed by atoms with van der Waals surface area (Å²) in [6.45, 7) is 1.53. The van der Waals surface area contributed by atoms with Gasteiger partial charge in [-0.3, -0.25) is 14.9 Å². The number of unbranched alkanes of at least 4 members (excludes halogenated alkanes) is 2. The molecule has 0 spiro atoms. The summed E-state index contributed by atoms with van der Waals surface area (Å²) in [5.74, 6) is 1.14.